The number of halogens is 2. The Morgan fingerprint density at radius 3 is 2.41 bits per heavy atom. The van der Waals surface area contributed by atoms with Crippen LogP contribution in [0.3, 0.4) is 0 Å². The number of carbonyl (C=O) groups is 3. The van der Waals surface area contributed by atoms with Crippen LogP contribution in [0.25, 0.3) is 10.8 Å². The van der Waals surface area contributed by atoms with E-state index < -0.39 is 24.3 Å². The number of benzene rings is 3. The molecule has 1 atom stereocenters. The number of aromatic nitrogens is 1. The van der Waals surface area contributed by atoms with Crippen LogP contribution in [-0.2, 0) is 9.47 Å². The molecule has 0 spiro atoms. The molecule has 200 valence electrons. The number of rotatable bonds is 9. The molecule has 0 bridgehead atoms. The lowest BCUT2D eigenvalue weighted by molar-refractivity contribution is 0.0723. The monoisotopic (exact) mass is 654 g/mol. The number of hydrogen-bond donors (Lipinski definition) is 2. The SMILES string of the molecule is O=C(Nc1cccc2ccccc12)OCCN(C(=O)OC(CBr)NC(=O)c1ccccn1)c1ccc(Br)cc1. The third-order valence-corrected chi connectivity index (χ3v) is 6.62. The number of nitrogens with zero attached hydrogens (tertiary/aromatic N) is 2. The molecule has 0 aliphatic rings. The number of carbonyl (C=O) groups excluding carboxylic acids is 3. The number of anilines is 2. The molecule has 11 heteroatoms. The molecule has 0 aliphatic heterocycles. The minimum Gasteiger partial charge on any atom is -0.447 e. The molecule has 0 saturated heterocycles. The van der Waals surface area contributed by atoms with Crippen molar-refractivity contribution < 1.29 is 23.9 Å². The summed E-state index contributed by atoms with van der Waals surface area (Å²) in [5, 5.41) is 7.39. The Kier molecular flexibility index (Phi) is 9.87. The van der Waals surface area contributed by atoms with Crippen LogP contribution in [-0.4, -0.2) is 47.8 Å². The number of nitrogens with one attached hydrogen (secondary N) is 2. The van der Waals surface area contributed by atoms with Crippen LogP contribution in [0, 0.1) is 0 Å². The molecule has 0 saturated carbocycles. The van der Waals surface area contributed by atoms with Gasteiger partial charge in [-0.25, -0.2) is 9.59 Å². The van der Waals surface area contributed by atoms with E-state index >= 15 is 0 Å². The highest BCUT2D eigenvalue weighted by atomic mass is 79.9. The maximum atomic E-state index is 13.2. The molecule has 1 aromatic heterocycles. The lowest BCUT2D eigenvalue weighted by atomic mass is 10.1. The standard InChI is InChI=1S/C28H24Br2N4O5/c29-18-25(33-26(35)24-9-3-4-15-31-24)39-28(37)34(21-13-11-20(30)12-14-21)16-17-38-27(36)32-23-10-5-7-19-6-1-2-8-22(19)23/h1-15,25H,16-18H2,(H,32,36)(H,33,35). The van der Waals surface area contributed by atoms with Gasteiger partial charge in [-0.05, 0) is 47.9 Å². The minimum atomic E-state index is -0.972. The molecule has 4 rings (SSSR count). The third-order valence-electron chi connectivity index (χ3n) is 5.51. The minimum absolute atomic E-state index is 0.00656. The van der Waals surface area contributed by atoms with Crippen molar-refractivity contribution in [2.75, 3.05) is 28.7 Å². The maximum absolute atomic E-state index is 13.2. The first-order chi connectivity index (χ1) is 18.9. The summed E-state index contributed by atoms with van der Waals surface area (Å²) < 4.78 is 11.8. The molecule has 1 heterocycles. The second kappa shape index (κ2) is 13.7. The van der Waals surface area contributed by atoms with Crippen LogP contribution in [0.15, 0.2) is 95.6 Å². The summed E-state index contributed by atoms with van der Waals surface area (Å²) in [6.07, 6.45) is -0.867. The fourth-order valence-electron chi connectivity index (χ4n) is 3.66. The Morgan fingerprint density at radius 2 is 1.67 bits per heavy atom. The number of amides is 3. The summed E-state index contributed by atoms with van der Waals surface area (Å²) >= 11 is 6.65. The molecule has 3 amide bonds. The van der Waals surface area contributed by atoms with Crippen LogP contribution in [0.2, 0.25) is 0 Å². The molecule has 0 aliphatic carbocycles. The molecule has 0 fully saturated rings. The summed E-state index contributed by atoms with van der Waals surface area (Å²) in [6.45, 7) is -0.104. The van der Waals surface area contributed by atoms with Gasteiger partial charge in [0.2, 0.25) is 0 Å². The Hall–Kier alpha value is -3.96. The van der Waals surface area contributed by atoms with Crippen LogP contribution in [0.4, 0.5) is 21.0 Å². The molecule has 1 unspecified atom stereocenters. The predicted octanol–water partition coefficient (Wildman–Crippen LogP) is 6.34. The smallest absolute Gasteiger partial charge is 0.416 e. The van der Waals surface area contributed by atoms with Crippen LogP contribution in [0.5, 0.6) is 0 Å². The van der Waals surface area contributed by atoms with Gasteiger partial charge in [0.05, 0.1) is 17.6 Å². The van der Waals surface area contributed by atoms with Gasteiger partial charge < -0.3 is 14.8 Å². The summed E-state index contributed by atoms with van der Waals surface area (Å²) in [6, 6.07) is 25.2. The maximum Gasteiger partial charge on any atom is 0.416 e. The van der Waals surface area contributed by atoms with Gasteiger partial charge >= 0.3 is 12.2 Å². The fourth-order valence-corrected chi connectivity index (χ4v) is 4.22. The molecule has 3 aromatic carbocycles. The summed E-state index contributed by atoms with van der Waals surface area (Å²) in [5.41, 5.74) is 1.33. The van der Waals surface area contributed by atoms with Crippen LogP contribution < -0.4 is 15.5 Å². The van der Waals surface area contributed by atoms with Gasteiger partial charge in [-0.3, -0.25) is 20.0 Å². The molecule has 2 N–H and O–H groups in total. The van der Waals surface area contributed by atoms with E-state index in [0.29, 0.717) is 11.4 Å². The van der Waals surface area contributed by atoms with E-state index in [9.17, 15) is 14.4 Å². The van der Waals surface area contributed by atoms with Gasteiger partial charge in [-0.1, -0.05) is 74.3 Å². The molecular formula is C28H24Br2N4O5. The zero-order valence-corrected chi connectivity index (χ0v) is 23.7. The Labute approximate surface area is 241 Å². The molecule has 39 heavy (non-hydrogen) atoms. The first-order valence-corrected chi connectivity index (χ1v) is 13.8. The zero-order chi connectivity index (χ0) is 27.6. The second-order valence-electron chi connectivity index (χ2n) is 8.13. The predicted molar refractivity (Wildman–Crippen MR) is 156 cm³/mol. The normalized spacial score (nSPS) is 11.3. The van der Waals surface area contributed by atoms with E-state index in [-0.39, 0.29) is 24.2 Å². The van der Waals surface area contributed by atoms with Crippen molar-refractivity contribution in [3.8, 4) is 0 Å². The average Bonchev–Trinajstić information content (AvgIpc) is 2.96. The number of hydrogen-bond acceptors (Lipinski definition) is 6. The summed E-state index contributed by atoms with van der Waals surface area (Å²) in [5.74, 6) is -0.489. The van der Waals surface area contributed by atoms with Crippen molar-refractivity contribution in [1.29, 1.82) is 0 Å². The van der Waals surface area contributed by atoms with Crippen LogP contribution >= 0.6 is 31.9 Å². The van der Waals surface area contributed by atoms with Crippen LogP contribution in [0.1, 0.15) is 10.5 Å². The molecule has 0 radical (unpaired) electrons. The topological polar surface area (TPSA) is 110 Å². The Bertz CT molecular complexity index is 1430. The summed E-state index contributed by atoms with van der Waals surface area (Å²) in [4.78, 5) is 43.5. The lowest BCUT2D eigenvalue weighted by Gasteiger charge is -2.25. The first-order valence-electron chi connectivity index (χ1n) is 11.9. The van der Waals surface area contributed by atoms with E-state index in [1.807, 2.05) is 36.4 Å². The van der Waals surface area contributed by atoms with Crippen molar-refractivity contribution >= 4 is 72.1 Å². The number of pyridine rings is 1. The highest BCUT2D eigenvalue weighted by Gasteiger charge is 2.23. The lowest BCUT2D eigenvalue weighted by Crippen LogP contribution is -2.44. The van der Waals surface area contributed by atoms with Crippen molar-refractivity contribution in [3.05, 3.63) is 101 Å². The number of ether oxygens (including phenoxy) is 2. The van der Waals surface area contributed by atoms with E-state index in [4.69, 9.17) is 9.47 Å². The summed E-state index contributed by atoms with van der Waals surface area (Å²) in [7, 11) is 0. The van der Waals surface area contributed by atoms with Gasteiger partial charge in [0.1, 0.15) is 12.3 Å². The fraction of sp³-hybridized carbons (Fsp3) is 0.143. The Morgan fingerprint density at radius 1 is 0.923 bits per heavy atom. The zero-order valence-electron chi connectivity index (χ0n) is 20.6. The first kappa shape index (κ1) is 28.1. The van der Waals surface area contributed by atoms with Gasteiger partial charge in [0.15, 0.2) is 6.23 Å². The quantitative estimate of drug-likeness (QED) is 0.161. The van der Waals surface area contributed by atoms with E-state index in [0.717, 1.165) is 15.2 Å². The van der Waals surface area contributed by atoms with E-state index in [2.05, 4.69) is 47.5 Å². The molecular weight excluding hydrogens is 632 g/mol. The van der Waals surface area contributed by atoms with Crippen molar-refractivity contribution in [2.45, 2.75) is 6.23 Å². The van der Waals surface area contributed by atoms with E-state index in [1.165, 1.54) is 11.1 Å². The third kappa shape index (κ3) is 7.78. The second-order valence-corrected chi connectivity index (χ2v) is 9.69. The highest BCUT2D eigenvalue weighted by Crippen LogP contribution is 2.23. The van der Waals surface area contributed by atoms with Gasteiger partial charge in [0, 0.05) is 21.7 Å². The highest BCUT2D eigenvalue weighted by molar-refractivity contribution is 9.10. The average molecular weight is 656 g/mol. The van der Waals surface area contributed by atoms with Crippen molar-refractivity contribution in [1.82, 2.24) is 10.3 Å². The van der Waals surface area contributed by atoms with Gasteiger partial charge in [-0.15, -0.1) is 0 Å². The number of fused-ring (bicyclic) bond motifs is 1. The van der Waals surface area contributed by atoms with E-state index in [1.54, 1.807) is 48.5 Å². The van der Waals surface area contributed by atoms with Crippen molar-refractivity contribution in [3.63, 3.8) is 0 Å². The van der Waals surface area contributed by atoms with Crippen molar-refractivity contribution in [2.24, 2.45) is 0 Å². The van der Waals surface area contributed by atoms with Gasteiger partial charge in [-0.2, -0.15) is 0 Å². The molecule has 9 nitrogen and oxygen atoms in total. The largest absolute Gasteiger partial charge is 0.447 e. The molecule has 4 aromatic rings. The number of alkyl halides is 1. The Balaban J connectivity index is 1.39. The van der Waals surface area contributed by atoms with Gasteiger partial charge in [0.25, 0.3) is 5.91 Å².